The summed E-state index contributed by atoms with van der Waals surface area (Å²) in [4.78, 5) is 45.1. The Hall–Kier alpha value is -4.04. The molecule has 0 bridgehead atoms. The van der Waals surface area contributed by atoms with Gasteiger partial charge < -0.3 is 0 Å². The van der Waals surface area contributed by atoms with Gasteiger partial charge in [-0.05, 0) is 41.8 Å². The molecule has 0 aliphatic carbocycles. The first kappa shape index (κ1) is 20.8. The van der Waals surface area contributed by atoms with Crippen molar-refractivity contribution in [3.05, 3.63) is 100 Å². The third kappa shape index (κ3) is 3.44. The molecule has 8 nitrogen and oxygen atoms in total. The maximum absolute atomic E-state index is 13.6. The molecule has 2 saturated heterocycles. The number of hydroxylamine groups is 1. The molecule has 5 rings (SSSR count). The Kier molecular flexibility index (Phi) is 5.14. The molecular weight excluding hydrogens is 422 g/mol. The maximum Gasteiger partial charge on any atom is 0.269 e. The molecule has 3 aromatic carbocycles. The zero-order valence-corrected chi connectivity index (χ0v) is 17.8. The molecule has 8 heteroatoms. The SMILES string of the molecule is CCc1ccc(N2C(=O)[C@@H]3[C@H](ON(c4ccccc4)[C@H]3c3cccc([N+](=O)[O-])c3)C2=O)cc1. The summed E-state index contributed by atoms with van der Waals surface area (Å²) in [6.07, 6.45) is -0.176. The minimum Gasteiger partial charge on any atom is -0.273 e. The Morgan fingerprint density at radius 1 is 0.909 bits per heavy atom. The zero-order chi connectivity index (χ0) is 23.1. The molecule has 33 heavy (non-hydrogen) atoms. The number of nitrogens with zero attached hydrogens (tertiary/aromatic N) is 3. The van der Waals surface area contributed by atoms with E-state index in [-0.39, 0.29) is 11.6 Å². The highest BCUT2D eigenvalue weighted by Crippen LogP contribution is 2.47. The number of benzene rings is 3. The number of para-hydroxylation sites is 1. The van der Waals surface area contributed by atoms with E-state index in [2.05, 4.69) is 0 Å². The highest BCUT2D eigenvalue weighted by atomic mass is 16.7. The average molecular weight is 443 g/mol. The summed E-state index contributed by atoms with van der Waals surface area (Å²) in [5.41, 5.74) is 2.68. The van der Waals surface area contributed by atoms with Gasteiger partial charge in [-0.25, -0.2) is 9.96 Å². The van der Waals surface area contributed by atoms with Crippen LogP contribution in [0.15, 0.2) is 78.9 Å². The maximum atomic E-state index is 13.6. The molecule has 3 aromatic rings. The predicted molar refractivity (Wildman–Crippen MR) is 121 cm³/mol. The Morgan fingerprint density at radius 3 is 2.30 bits per heavy atom. The molecule has 0 unspecified atom stereocenters. The number of fused-ring (bicyclic) bond motifs is 1. The predicted octanol–water partition coefficient (Wildman–Crippen LogP) is 4.21. The fourth-order valence-electron chi connectivity index (χ4n) is 4.51. The van der Waals surface area contributed by atoms with Crippen molar-refractivity contribution in [2.24, 2.45) is 5.92 Å². The molecular formula is C25H21N3O5. The number of hydrogen-bond donors (Lipinski definition) is 0. The zero-order valence-electron chi connectivity index (χ0n) is 17.8. The van der Waals surface area contributed by atoms with Crippen LogP contribution >= 0.6 is 0 Å². The molecule has 0 spiro atoms. The number of hydrogen-bond acceptors (Lipinski definition) is 6. The molecule has 2 fully saturated rings. The van der Waals surface area contributed by atoms with Gasteiger partial charge >= 0.3 is 0 Å². The molecule has 2 heterocycles. The number of anilines is 2. The fourth-order valence-corrected chi connectivity index (χ4v) is 4.51. The third-order valence-electron chi connectivity index (χ3n) is 6.15. The summed E-state index contributed by atoms with van der Waals surface area (Å²) in [5, 5.41) is 12.9. The normalized spacial score (nSPS) is 22.0. The van der Waals surface area contributed by atoms with E-state index >= 15 is 0 Å². The summed E-state index contributed by atoms with van der Waals surface area (Å²) in [5.74, 6) is -1.67. The second-order valence-corrected chi connectivity index (χ2v) is 8.04. The number of rotatable bonds is 5. The lowest BCUT2D eigenvalue weighted by Gasteiger charge is -2.28. The van der Waals surface area contributed by atoms with E-state index in [0.29, 0.717) is 16.9 Å². The van der Waals surface area contributed by atoms with Crippen molar-refractivity contribution in [2.75, 3.05) is 9.96 Å². The van der Waals surface area contributed by atoms with Crippen LogP contribution in [0.5, 0.6) is 0 Å². The van der Waals surface area contributed by atoms with Crippen LogP contribution in [0.2, 0.25) is 0 Å². The molecule has 3 atom stereocenters. The largest absolute Gasteiger partial charge is 0.273 e. The molecule has 0 N–H and O–H groups in total. The van der Waals surface area contributed by atoms with Crippen molar-refractivity contribution in [1.29, 1.82) is 0 Å². The number of nitro groups is 1. The van der Waals surface area contributed by atoms with Crippen LogP contribution in [0.3, 0.4) is 0 Å². The number of nitro benzene ring substituents is 1. The van der Waals surface area contributed by atoms with Crippen LogP contribution in [0.25, 0.3) is 0 Å². The van der Waals surface area contributed by atoms with Gasteiger partial charge in [-0.1, -0.05) is 49.4 Å². The Morgan fingerprint density at radius 2 is 1.64 bits per heavy atom. The van der Waals surface area contributed by atoms with E-state index in [1.807, 2.05) is 49.4 Å². The highest BCUT2D eigenvalue weighted by molar-refractivity contribution is 6.23. The van der Waals surface area contributed by atoms with Crippen LogP contribution in [-0.2, 0) is 20.8 Å². The quantitative estimate of drug-likeness (QED) is 0.333. The van der Waals surface area contributed by atoms with Crippen molar-refractivity contribution >= 4 is 28.9 Å². The van der Waals surface area contributed by atoms with Gasteiger partial charge in [-0.15, -0.1) is 0 Å². The first-order valence-electron chi connectivity index (χ1n) is 10.7. The second kappa shape index (κ2) is 8.14. The highest BCUT2D eigenvalue weighted by Gasteiger charge is 2.60. The lowest BCUT2D eigenvalue weighted by molar-refractivity contribution is -0.384. The monoisotopic (exact) mass is 443 g/mol. The van der Waals surface area contributed by atoms with Crippen molar-refractivity contribution in [3.8, 4) is 0 Å². The molecule has 166 valence electrons. The van der Waals surface area contributed by atoms with Gasteiger partial charge in [0.25, 0.3) is 11.6 Å². The van der Waals surface area contributed by atoms with E-state index < -0.39 is 28.9 Å². The van der Waals surface area contributed by atoms with E-state index in [1.54, 1.807) is 24.3 Å². The van der Waals surface area contributed by atoms with E-state index in [0.717, 1.165) is 12.0 Å². The number of non-ortho nitro benzene ring substituents is 1. The fraction of sp³-hybridized carbons (Fsp3) is 0.200. The average Bonchev–Trinajstić information content (AvgIpc) is 3.36. The lowest BCUT2D eigenvalue weighted by atomic mass is 9.90. The number of aryl methyl sites for hydroxylation is 1. The first-order valence-corrected chi connectivity index (χ1v) is 10.7. The van der Waals surface area contributed by atoms with Crippen LogP contribution in [0.4, 0.5) is 17.1 Å². The second-order valence-electron chi connectivity index (χ2n) is 8.04. The smallest absolute Gasteiger partial charge is 0.269 e. The van der Waals surface area contributed by atoms with Gasteiger partial charge in [0.15, 0.2) is 6.10 Å². The van der Waals surface area contributed by atoms with E-state index in [9.17, 15) is 19.7 Å². The summed E-state index contributed by atoms with van der Waals surface area (Å²) in [6, 6.07) is 21.8. The van der Waals surface area contributed by atoms with Crippen LogP contribution < -0.4 is 9.96 Å². The summed E-state index contributed by atoms with van der Waals surface area (Å²) in [7, 11) is 0. The lowest BCUT2D eigenvalue weighted by Crippen LogP contribution is -2.37. The standard InChI is InChI=1S/C25H21N3O5/c1-2-16-11-13-18(14-12-16)26-24(29)21-22(17-7-6-10-20(15-17)28(31)32)27(33-23(21)25(26)30)19-8-4-3-5-9-19/h3-15,21-23H,2H2,1H3/t21-,22-,23-/m0/s1. The van der Waals surface area contributed by atoms with Gasteiger partial charge in [0, 0.05) is 12.1 Å². The van der Waals surface area contributed by atoms with E-state index in [4.69, 9.17) is 4.84 Å². The minimum absolute atomic E-state index is 0.0901. The minimum atomic E-state index is -1.02. The Bertz CT molecular complexity index is 1230. The Labute approximate surface area is 190 Å². The molecule has 0 saturated carbocycles. The van der Waals surface area contributed by atoms with Crippen LogP contribution in [0.1, 0.15) is 24.1 Å². The van der Waals surface area contributed by atoms with Crippen molar-refractivity contribution in [2.45, 2.75) is 25.5 Å². The van der Waals surface area contributed by atoms with Crippen molar-refractivity contribution < 1.29 is 19.3 Å². The first-order chi connectivity index (χ1) is 16.0. The topological polar surface area (TPSA) is 93.0 Å². The summed E-state index contributed by atoms with van der Waals surface area (Å²) >= 11 is 0. The van der Waals surface area contributed by atoms with E-state index in [1.165, 1.54) is 22.1 Å². The van der Waals surface area contributed by atoms with Gasteiger partial charge in [0.2, 0.25) is 5.91 Å². The molecule has 2 aliphatic heterocycles. The van der Waals surface area contributed by atoms with Gasteiger partial charge in [-0.3, -0.25) is 24.5 Å². The molecule has 2 aliphatic rings. The number of carbonyl (C=O) groups is 2. The van der Waals surface area contributed by atoms with Gasteiger partial charge in [0.1, 0.15) is 5.92 Å². The van der Waals surface area contributed by atoms with Gasteiger partial charge in [0.05, 0.1) is 22.3 Å². The number of imide groups is 1. The van der Waals surface area contributed by atoms with Crippen LogP contribution in [0, 0.1) is 16.0 Å². The summed E-state index contributed by atoms with van der Waals surface area (Å²) < 4.78 is 0. The molecule has 2 amide bonds. The third-order valence-corrected chi connectivity index (χ3v) is 6.15. The van der Waals surface area contributed by atoms with Crippen molar-refractivity contribution in [3.63, 3.8) is 0 Å². The van der Waals surface area contributed by atoms with Gasteiger partial charge in [-0.2, -0.15) is 0 Å². The Balaban J connectivity index is 1.58. The number of amides is 2. The molecule has 0 radical (unpaired) electrons. The summed E-state index contributed by atoms with van der Waals surface area (Å²) in [6.45, 7) is 2.03. The number of carbonyl (C=O) groups excluding carboxylic acids is 2. The van der Waals surface area contributed by atoms with Crippen LogP contribution in [-0.4, -0.2) is 22.8 Å². The molecule has 0 aromatic heterocycles. The van der Waals surface area contributed by atoms with Crippen molar-refractivity contribution in [1.82, 2.24) is 0 Å².